The molecular formula is C18H27N3O3S. The fourth-order valence-corrected chi connectivity index (χ4v) is 5.81. The van der Waals surface area contributed by atoms with Crippen molar-refractivity contribution in [2.24, 2.45) is 11.8 Å². The number of pyridine rings is 1. The van der Waals surface area contributed by atoms with Crippen molar-refractivity contribution >= 4 is 15.8 Å². The summed E-state index contributed by atoms with van der Waals surface area (Å²) in [5, 5.41) is 0. The summed E-state index contributed by atoms with van der Waals surface area (Å²) < 4.78 is 32.1. The zero-order valence-electron chi connectivity index (χ0n) is 14.6. The number of aromatic nitrogens is 1. The molecule has 4 rings (SSSR count). The highest BCUT2D eigenvalue weighted by atomic mass is 32.2. The second-order valence-corrected chi connectivity index (χ2v) is 9.35. The molecule has 2 aliphatic heterocycles. The maximum absolute atomic E-state index is 12.7. The van der Waals surface area contributed by atoms with E-state index >= 15 is 0 Å². The highest BCUT2D eigenvalue weighted by molar-refractivity contribution is 7.89. The van der Waals surface area contributed by atoms with Crippen molar-refractivity contribution < 1.29 is 13.2 Å². The van der Waals surface area contributed by atoms with E-state index in [-0.39, 0.29) is 4.90 Å². The molecule has 1 saturated carbocycles. The van der Waals surface area contributed by atoms with Gasteiger partial charge in [-0.15, -0.1) is 0 Å². The average Bonchev–Trinajstić information content (AvgIpc) is 2.68. The third-order valence-corrected chi connectivity index (χ3v) is 7.83. The summed E-state index contributed by atoms with van der Waals surface area (Å²) in [6.07, 6.45) is 8.19. The van der Waals surface area contributed by atoms with Crippen molar-refractivity contribution in [2.75, 3.05) is 44.3 Å². The van der Waals surface area contributed by atoms with E-state index < -0.39 is 10.0 Å². The van der Waals surface area contributed by atoms with Gasteiger partial charge in [0.1, 0.15) is 10.7 Å². The molecule has 3 fully saturated rings. The fraction of sp³-hybridized carbons (Fsp3) is 0.722. The Balaban J connectivity index is 1.46. The molecule has 0 aromatic carbocycles. The van der Waals surface area contributed by atoms with Crippen LogP contribution < -0.4 is 4.90 Å². The number of fused-ring (bicyclic) bond motifs is 1. The van der Waals surface area contributed by atoms with Crippen molar-refractivity contribution in [1.29, 1.82) is 0 Å². The Morgan fingerprint density at radius 2 is 1.76 bits per heavy atom. The molecule has 138 valence electrons. The number of rotatable bonds is 3. The molecule has 0 unspecified atom stereocenters. The first-order chi connectivity index (χ1) is 12.1. The van der Waals surface area contributed by atoms with Gasteiger partial charge in [0.25, 0.3) is 0 Å². The van der Waals surface area contributed by atoms with Crippen molar-refractivity contribution in [3.05, 3.63) is 18.3 Å². The van der Waals surface area contributed by atoms with Crippen molar-refractivity contribution in [3.63, 3.8) is 0 Å². The van der Waals surface area contributed by atoms with Gasteiger partial charge in [0, 0.05) is 32.4 Å². The predicted octanol–water partition coefficient (Wildman–Crippen LogP) is 2.12. The lowest BCUT2D eigenvalue weighted by Gasteiger charge is -2.41. The van der Waals surface area contributed by atoms with E-state index in [1.54, 1.807) is 6.07 Å². The molecule has 2 atom stereocenters. The van der Waals surface area contributed by atoms with Crippen LogP contribution in [0.5, 0.6) is 0 Å². The summed E-state index contributed by atoms with van der Waals surface area (Å²) in [5.74, 6) is 2.57. The molecule has 0 radical (unpaired) electrons. The van der Waals surface area contributed by atoms with Gasteiger partial charge in [-0.2, -0.15) is 4.31 Å². The smallest absolute Gasteiger partial charge is 0.244 e. The Morgan fingerprint density at radius 1 is 1.00 bits per heavy atom. The largest absolute Gasteiger partial charge is 0.379 e. The molecule has 0 bridgehead atoms. The Morgan fingerprint density at radius 3 is 2.48 bits per heavy atom. The van der Waals surface area contributed by atoms with Crippen LogP contribution in [0.25, 0.3) is 0 Å². The number of morpholine rings is 1. The van der Waals surface area contributed by atoms with Crippen LogP contribution in [0.15, 0.2) is 23.2 Å². The summed E-state index contributed by atoms with van der Waals surface area (Å²) in [6, 6.07) is 3.58. The number of sulfonamides is 1. The van der Waals surface area contributed by atoms with Crippen LogP contribution in [0.1, 0.15) is 32.1 Å². The Hall–Kier alpha value is -1.18. The highest BCUT2D eigenvalue weighted by Gasteiger charge is 2.32. The minimum absolute atomic E-state index is 0.283. The third kappa shape index (κ3) is 3.55. The van der Waals surface area contributed by atoms with Crippen LogP contribution in [-0.4, -0.2) is 57.1 Å². The zero-order chi connectivity index (χ0) is 17.3. The first-order valence-corrected chi connectivity index (χ1v) is 10.9. The van der Waals surface area contributed by atoms with Gasteiger partial charge in [-0.05, 0) is 36.8 Å². The predicted molar refractivity (Wildman–Crippen MR) is 96.1 cm³/mol. The molecule has 7 heteroatoms. The fourth-order valence-electron chi connectivity index (χ4n) is 4.46. The van der Waals surface area contributed by atoms with Gasteiger partial charge in [-0.3, -0.25) is 0 Å². The van der Waals surface area contributed by atoms with E-state index in [0.717, 1.165) is 30.7 Å². The van der Waals surface area contributed by atoms with Gasteiger partial charge < -0.3 is 9.64 Å². The summed E-state index contributed by atoms with van der Waals surface area (Å²) in [5.41, 5.74) is 0. The van der Waals surface area contributed by atoms with E-state index in [0.29, 0.717) is 26.3 Å². The summed E-state index contributed by atoms with van der Waals surface area (Å²) in [4.78, 5) is 7.10. The molecule has 1 aliphatic carbocycles. The molecule has 1 aromatic rings. The maximum atomic E-state index is 12.7. The topological polar surface area (TPSA) is 62.7 Å². The van der Waals surface area contributed by atoms with E-state index in [1.807, 2.05) is 6.07 Å². The SMILES string of the molecule is O=S(=O)(c1ccc(N2CC[C@@H]3CCCC[C@H]3C2)nc1)N1CCOCC1. The molecule has 3 heterocycles. The van der Waals surface area contributed by atoms with Gasteiger partial charge >= 0.3 is 0 Å². The van der Waals surface area contributed by atoms with Crippen molar-refractivity contribution in [1.82, 2.24) is 9.29 Å². The van der Waals surface area contributed by atoms with E-state index in [9.17, 15) is 8.42 Å². The molecule has 0 N–H and O–H groups in total. The number of piperidine rings is 1. The molecule has 1 aromatic heterocycles. The summed E-state index contributed by atoms with van der Waals surface area (Å²) in [6.45, 7) is 3.84. The molecule has 2 saturated heterocycles. The average molecular weight is 365 g/mol. The summed E-state index contributed by atoms with van der Waals surface area (Å²) in [7, 11) is -3.46. The molecular weight excluding hydrogens is 338 g/mol. The zero-order valence-corrected chi connectivity index (χ0v) is 15.5. The normalized spacial score (nSPS) is 28.6. The Labute approximate surface area is 150 Å². The first-order valence-electron chi connectivity index (χ1n) is 9.43. The molecule has 3 aliphatic rings. The van der Waals surface area contributed by atoms with E-state index in [1.165, 1.54) is 42.6 Å². The number of ether oxygens (including phenoxy) is 1. The minimum atomic E-state index is -3.46. The van der Waals surface area contributed by atoms with Crippen LogP contribution in [0.3, 0.4) is 0 Å². The van der Waals surface area contributed by atoms with Crippen LogP contribution in [0, 0.1) is 11.8 Å². The quantitative estimate of drug-likeness (QED) is 0.821. The molecule has 0 amide bonds. The van der Waals surface area contributed by atoms with Crippen molar-refractivity contribution in [3.8, 4) is 0 Å². The summed E-state index contributed by atoms with van der Waals surface area (Å²) >= 11 is 0. The minimum Gasteiger partial charge on any atom is -0.379 e. The van der Waals surface area contributed by atoms with Crippen LogP contribution >= 0.6 is 0 Å². The van der Waals surface area contributed by atoms with E-state index in [4.69, 9.17) is 4.74 Å². The standard InChI is InChI=1S/C18H27N3O3S/c22-25(23,21-9-11-24-12-10-21)17-5-6-18(19-13-17)20-8-7-15-3-1-2-4-16(15)14-20/h5-6,13,15-16H,1-4,7-12,14H2/t15-,16-/m0/s1. The Kier molecular flexibility index (Phi) is 4.97. The lowest BCUT2D eigenvalue weighted by atomic mass is 9.75. The lowest BCUT2D eigenvalue weighted by molar-refractivity contribution is 0.0730. The number of nitrogens with zero attached hydrogens (tertiary/aromatic N) is 3. The van der Waals surface area contributed by atoms with Crippen LogP contribution in [0.2, 0.25) is 0 Å². The molecule has 25 heavy (non-hydrogen) atoms. The molecule has 0 spiro atoms. The van der Waals surface area contributed by atoms with Crippen molar-refractivity contribution in [2.45, 2.75) is 37.0 Å². The first kappa shape index (κ1) is 17.2. The monoisotopic (exact) mass is 365 g/mol. The Bertz CT molecular complexity index is 686. The highest BCUT2D eigenvalue weighted by Crippen LogP contribution is 2.37. The number of hydrogen-bond donors (Lipinski definition) is 0. The number of hydrogen-bond acceptors (Lipinski definition) is 5. The third-order valence-electron chi connectivity index (χ3n) is 5.94. The van der Waals surface area contributed by atoms with Gasteiger partial charge in [0.05, 0.1) is 13.2 Å². The molecule has 6 nitrogen and oxygen atoms in total. The maximum Gasteiger partial charge on any atom is 0.244 e. The van der Waals surface area contributed by atoms with Gasteiger partial charge in [0.15, 0.2) is 0 Å². The van der Waals surface area contributed by atoms with E-state index in [2.05, 4.69) is 9.88 Å². The second-order valence-electron chi connectivity index (χ2n) is 7.41. The lowest BCUT2D eigenvalue weighted by Crippen LogP contribution is -2.42. The second kappa shape index (κ2) is 7.21. The van der Waals surface area contributed by atoms with Gasteiger partial charge in [0.2, 0.25) is 10.0 Å². The van der Waals surface area contributed by atoms with Gasteiger partial charge in [-0.1, -0.05) is 19.3 Å². The number of anilines is 1. The van der Waals surface area contributed by atoms with Gasteiger partial charge in [-0.25, -0.2) is 13.4 Å². The van der Waals surface area contributed by atoms with Crippen LogP contribution in [-0.2, 0) is 14.8 Å². The van der Waals surface area contributed by atoms with Crippen LogP contribution in [0.4, 0.5) is 5.82 Å².